The van der Waals surface area contributed by atoms with Crippen molar-refractivity contribution < 1.29 is 4.79 Å². The number of rotatable bonds is 4. The molecule has 0 aliphatic carbocycles. The largest absolute Gasteiger partial charge is 0.380 e. The van der Waals surface area contributed by atoms with Gasteiger partial charge in [0.25, 0.3) is 0 Å². The summed E-state index contributed by atoms with van der Waals surface area (Å²) in [5.74, 6) is -0.465. The lowest BCUT2D eigenvalue weighted by molar-refractivity contribution is 0.1000. The van der Waals surface area contributed by atoms with Crippen molar-refractivity contribution in [2.24, 2.45) is 5.73 Å². The second-order valence-electron chi connectivity index (χ2n) is 4.22. The highest BCUT2D eigenvalue weighted by atomic mass is 35.5. The topological polar surface area (TPSA) is 78.9 Å². The van der Waals surface area contributed by atoms with Crippen LogP contribution in [0.2, 0.25) is 5.02 Å². The minimum Gasteiger partial charge on any atom is -0.380 e. The van der Waals surface area contributed by atoms with Gasteiger partial charge in [0, 0.05) is 17.1 Å². The van der Waals surface area contributed by atoms with E-state index in [4.69, 9.17) is 22.6 Å². The van der Waals surface area contributed by atoms with Crippen LogP contribution in [0.3, 0.4) is 0 Å². The van der Waals surface area contributed by atoms with E-state index in [2.05, 4.69) is 11.4 Å². The Kier molecular flexibility index (Phi) is 4.24. The van der Waals surface area contributed by atoms with E-state index in [0.717, 1.165) is 5.56 Å². The van der Waals surface area contributed by atoms with Crippen LogP contribution in [0.25, 0.3) is 0 Å². The van der Waals surface area contributed by atoms with Gasteiger partial charge in [0.2, 0.25) is 5.91 Å². The van der Waals surface area contributed by atoms with Gasteiger partial charge in [0.1, 0.15) is 6.07 Å². The number of carbonyl (C=O) groups excluding carboxylic acids is 1. The van der Waals surface area contributed by atoms with E-state index in [1.54, 1.807) is 36.4 Å². The minimum absolute atomic E-state index is 0.455. The molecule has 4 nitrogen and oxygen atoms in total. The molecule has 0 heterocycles. The van der Waals surface area contributed by atoms with Crippen LogP contribution in [0.15, 0.2) is 42.5 Å². The first-order valence-corrected chi connectivity index (χ1v) is 6.30. The standard InChI is InChI=1S/C15H12ClN3O/c16-13-5-4-12(8-17)14(7-13)19-9-10-2-1-3-11(6-10)15(18)20/h1-7,19H,9H2,(H2,18,20). The number of nitrogens with one attached hydrogen (secondary N) is 1. The van der Waals surface area contributed by atoms with E-state index in [1.807, 2.05) is 6.07 Å². The van der Waals surface area contributed by atoms with Crippen molar-refractivity contribution in [1.29, 1.82) is 5.26 Å². The quantitative estimate of drug-likeness (QED) is 0.906. The van der Waals surface area contributed by atoms with E-state index in [-0.39, 0.29) is 0 Å². The summed E-state index contributed by atoms with van der Waals surface area (Å²) in [6.45, 7) is 0.468. The lowest BCUT2D eigenvalue weighted by Crippen LogP contribution is -2.11. The van der Waals surface area contributed by atoms with E-state index < -0.39 is 5.91 Å². The Morgan fingerprint density at radius 3 is 2.80 bits per heavy atom. The van der Waals surface area contributed by atoms with Crippen LogP contribution in [-0.4, -0.2) is 5.91 Å². The SMILES string of the molecule is N#Cc1ccc(Cl)cc1NCc1cccc(C(N)=O)c1. The minimum atomic E-state index is -0.465. The molecule has 0 atom stereocenters. The van der Waals surface area contributed by atoms with Gasteiger partial charge in [-0.05, 0) is 35.9 Å². The van der Waals surface area contributed by atoms with Gasteiger partial charge in [-0.25, -0.2) is 0 Å². The van der Waals surface area contributed by atoms with Crippen molar-refractivity contribution in [1.82, 2.24) is 0 Å². The Morgan fingerprint density at radius 1 is 1.30 bits per heavy atom. The number of nitrogens with two attached hydrogens (primary N) is 1. The van der Waals surface area contributed by atoms with Gasteiger partial charge >= 0.3 is 0 Å². The molecule has 0 spiro atoms. The number of anilines is 1. The van der Waals surface area contributed by atoms with E-state index in [9.17, 15) is 4.79 Å². The smallest absolute Gasteiger partial charge is 0.248 e. The summed E-state index contributed by atoms with van der Waals surface area (Å²) in [5.41, 5.74) is 7.76. The summed E-state index contributed by atoms with van der Waals surface area (Å²) in [4.78, 5) is 11.1. The van der Waals surface area contributed by atoms with Crippen LogP contribution in [0, 0.1) is 11.3 Å². The van der Waals surface area contributed by atoms with Gasteiger partial charge in [0.15, 0.2) is 0 Å². The van der Waals surface area contributed by atoms with Crippen LogP contribution in [-0.2, 0) is 6.54 Å². The van der Waals surface area contributed by atoms with Gasteiger partial charge in [-0.15, -0.1) is 0 Å². The maximum Gasteiger partial charge on any atom is 0.248 e. The fourth-order valence-electron chi connectivity index (χ4n) is 1.79. The second kappa shape index (κ2) is 6.09. The molecule has 3 N–H and O–H groups in total. The maximum atomic E-state index is 11.1. The number of nitriles is 1. The summed E-state index contributed by atoms with van der Waals surface area (Å²) >= 11 is 5.91. The monoisotopic (exact) mass is 285 g/mol. The zero-order valence-electron chi connectivity index (χ0n) is 10.6. The van der Waals surface area contributed by atoms with Gasteiger partial charge in [-0.3, -0.25) is 4.79 Å². The fourth-order valence-corrected chi connectivity index (χ4v) is 1.96. The number of nitrogens with zero attached hydrogens (tertiary/aromatic N) is 1. The molecule has 100 valence electrons. The van der Waals surface area contributed by atoms with Crippen molar-refractivity contribution in [3.63, 3.8) is 0 Å². The zero-order chi connectivity index (χ0) is 14.5. The lowest BCUT2D eigenvalue weighted by atomic mass is 10.1. The summed E-state index contributed by atoms with van der Waals surface area (Å²) < 4.78 is 0. The predicted molar refractivity (Wildman–Crippen MR) is 78.5 cm³/mol. The van der Waals surface area contributed by atoms with Crippen molar-refractivity contribution in [2.45, 2.75) is 6.54 Å². The molecule has 2 rings (SSSR count). The molecular formula is C15H12ClN3O. The van der Waals surface area contributed by atoms with E-state index in [0.29, 0.717) is 28.4 Å². The first-order chi connectivity index (χ1) is 9.60. The molecular weight excluding hydrogens is 274 g/mol. The highest BCUT2D eigenvalue weighted by molar-refractivity contribution is 6.30. The number of hydrogen-bond donors (Lipinski definition) is 2. The van der Waals surface area contributed by atoms with E-state index >= 15 is 0 Å². The molecule has 0 fully saturated rings. The van der Waals surface area contributed by atoms with Crippen molar-refractivity contribution in [2.75, 3.05) is 5.32 Å². The number of amides is 1. The fraction of sp³-hybridized carbons (Fsp3) is 0.0667. The Hall–Kier alpha value is -2.51. The molecule has 0 radical (unpaired) electrons. The molecule has 0 saturated carbocycles. The summed E-state index contributed by atoms with van der Waals surface area (Å²) in [6.07, 6.45) is 0. The number of halogens is 1. The molecule has 1 amide bonds. The summed E-state index contributed by atoms with van der Waals surface area (Å²) in [5, 5.41) is 12.7. The van der Waals surface area contributed by atoms with Gasteiger partial charge in [-0.2, -0.15) is 5.26 Å². The summed E-state index contributed by atoms with van der Waals surface area (Å²) in [6, 6.07) is 14.1. The molecule has 5 heteroatoms. The van der Waals surface area contributed by atoms with Gasteiger partial charge in [0.05, 0.1) is 11.3 Å². The third kappa shape index (κ3) is 3.28. The lowest BCUT2D eigenvalue weighted by Gasteiger charge is -2.09. The van der Waals surface area contributed by atoms with Crippen LogP contribution >= 0.6 is 11.6 Å². The molecule has 0 aliphatic heterocycles. The number of benzene rings is 2. The normalized spacial score (nSPS) is 9.80. The molecule has 2 aromatic rings. The summed E-state index contributed by atoms with van der Waals surface area (Å²) in [7, 11) is 0. The Bertz CT molecular complexity index is 692. The first-order valence-electron chi connectivity index (χ1n) is 5.92. The van der Waals surface area contributed by atoms with Crippen molar-refractivity contribution in [3.05, 3.63) is 64.2 Å². The molecule has 0 bridgehead atoms. The Balaban J connectivity index is 2.17. The second-order valence-corrected chi connectivity index (χ2v) is 4.66. The average molecular weight is 286 g/mol. The molecule has 0 aromatic heterocycles. The molecule has 0 aliphatic rings. The highest BCUT2D eigenvalue weighted by Gasteiger charge is 2.04. The number of primary amides is 1. The number of hydrogen-bond acceptors (Lipinski definition) is 3. The molecule has 0 saturated heterocycles. The van der Waals surface area contributed by atoms with Gasteiger partial charge < -0.3 is 11.1 Å². The molecule has 0 unspecified atom stereocenters. The number of carbonyl (C=O) groups is 1. The van der Waals surface area contributed by atoms with Crippen molar-refractivity contribution in [3.8, 4) is 6.07 Å². The molecule has 20 heavy (non-hydrogen) atoms. The average Bonchev–Trinajstić information content (AvgIpc) is 2.45. The zero-order valence-corrected chi connectivity index (χ0v) is 11.3. The van der Waals surface area contributed by atoms with Crippen LogP contribution in [0.4, 0.5) is 5.69 Å². The third-order valence-electron chi connectivity index (χ3n) is 2.80. The maximum absolute atomic E-state index is 11.1. The van der Waals surface area contributed by atoms with Crippen LogP contribution in [0.5, 0.6) is 0 Å². The third-order valence-corrected chi connectivity index (χ3v) is 3.03. The first kappa shape index (κ1) is 13.9. The highest BCUT2D eigenvalue weighted by Crippen LogP contribution is 2.21. The van der Waals surface area contributed by atoms with Gasteiger partial charge in [-0.1, -0.05) is 23.7 Å². The van der Waals surface area contributed by atoms with Crippen LogP contribution in [0.1, 0.15) is 21.5 Å². The molecule has 2 aromatic carbocycles. The van der Waals surface area contributed by atoms with Crippen molar-refractivity contribution >= 4 is 23.2 Å². The van der Waals surface area contributed by atoms with E-state index in [1.165, 1.54) is 0 Å². The predicted octanol–water partition coefficient (Wildman–Crippen LogP) is 2.92. The Morgan fingerprint density at radius 2 is 2.10 bits per heavy atom. The Labute approximate surface area is 121 Å². The van der Waals surface area contributed by atoms with Crippen LogP contribution < -0.4 is 11.1 Å².